The third-order valence-electron chi connectivity index (χ3n) is 4.59. The van der Waals surface area contributed by atoms with Crippen molar-refractivity contribution in [3.8, 4) is 11.3 Å². The minimum atomic E-state index is -0.391. The Kier molecular flexibility index (Phi) is 5.48. The van der Waals surface area contributed by atoms with E-state index >= 15 is 0 Å². The molecule has 148 valence electrons. The molecule has 0 aliphatic heterocycles. The number of rotatable bonds is 5. The minimum absolute atomic E-state index is 0.257. The molecule has 0 aliphatic carbocycles. The minimum Gasteiger partial charge on any atom is -0.462 e. The van der Waals surface area contributed by atoms with E-state index in [4.69, 9.17) is 4.74 Å². The number of benzene rings is 2. The van der Waals surface area contributed by atoms with Gasteiger partial charge in [0, 0.05) is 29.0 Å². The molecule has 0 radical (unpaired) electrons. The topological polar surface area (TPSA) is 81.2 Å². The first-order valence-corrected chi connectivity index (χ1v) is 9.54. The summed E-state index contributed by atoms with van der Waals surface area (Å²) in [6.07, 6.45) is 3.38. The van der Waals surface area contributed by atoms with Crippen molar-refractivity contribution in [2.24, 2.45) is 0 Å². The highest BCUT2D eigenvalue weighted by atomic mass is 16.5. The summed E-state index contributed by atoms with van der Waals surface area (Å²) in [5.41, 5.74) is 3.84. The van der Waals surface area contributed by atoms with E-state index in [1.807, 2.05) is 36.4 Å². The number of anilines is 1. The highest BCUT2D eigenvalue weighted by Crippen LogP contribution is 2.25. The van der Waals surface area contributed by atoms with Gasteiger partial charge in [-0.25, -0.2) is 9.78 Å². The van der Waals surface area contributed by atoms with Crippen molar-refractivity contribution >= 4 is 28.5 Å². The quantitative estimate of drug-likeness (QED) is 0.493. The van der Waals surface area contributed by atoms with E-state index in [9.17, 15) is 9.59 Å². The third kappa shape index (κ3) is 4.03. The molecule has 0 bridgehead atoms. The molecule has 1 amide bonds. The number of para-hydroxylation sites is 1. The van der Waals surface area contributed by atoms with Crippen LogP contribution < -0.4 is 5.32 Å². The fraction of sp³-hybridized carbons (Fsp3) is 0.0833. The zero-order valence-electron chi connectivity index (χ0n) is 16.3. The second-order valence-corrected chi connectivity index (χ2v) is 6.56. The normalized spacial score (nSPS) is 10.6. The molecular weight excluding hydrogens is 378 g/mol. The van der Waals surface area contributed by atoms with Crippen LogP contribution in [-0.4, -0.2) is 28.5 Å². The first-order valence-electron chi connectivity index (χ1n) is 9.54. The molecule has 1 N–H and O–H groups in total. The van der Waals surface area contributed by atoms with Crippen LogP contribution in [0.1, 0.15) is 27.6 Å². The van der Waals surface area contributed by atoms with E-state index in [1.54, 1.807) is 49.6 Å². The highest BCUT2D eigenvalue weighted by Gasteiger charge is 2.15. The van der Waals surface area contributed by atoms with Crippen molar-refractivity contribution in [1.29, 1.82) is 0 Å². The predicted molar refractivity (Wildman–Crippen MR) is 115 cm³/mol. The van der Waals surface area contributed by atoms with Crippen LogP contribution in [0.3, 0.4) is 0 Å². The number of aromatic nitrogens is 2. The molecule has 30 heavy (non-hydrogen) atoms. The van der Waals surface area contributed by atoms with Gasteiger partial charge in [-0.1, -0.05) is 18.2 Å². The van der Waals surface area contributed by atoms with Gasteiger partial charge in [0.15, 0.2) is 0 Å². The van der Waals surface area contributed by atoms with Crippen LogP contribution in [0.5, 0.6) is 0 Å². The summed E-state index contributed by atoms with van der Waals surface area (Å²) in [5.74, 6) is -0.648. The molecule has 0 saturated carbocycles. The largest absolute Gasteiger partial charge is 0.462 e. The number of nitrogens with one attached hydrogen (secondary N) is 1. The number of carbonyl (C=O) groups excluding carboxylic acids is 2. The Morgan fingerprint density at radius 3 is 2.43 bits per heavy atom. The van der Waals surface area contributed by atoms with Gasteiger partial charge in [-0.05, 0) is 55.5 Å². The molecule has 0 saturated heterocycles. The van der Waals surface area contributed by atoms with Crippen molar-refractivity contribution in [1.82, 2.24) is 9.97 Å². The summed E-state index contributed by atoms with van der Waals surface area (Å²) in [6.45, 7) is 2.07. The van der Waals surface area contributed by atoms with Crippen LogP contribution >= 0.6 is 0 Å². The summed E-state index contributed by atoms with van der Waals surface area (Å²) < 4.78 is 4.98. The van der Waals surface area contributed by atoms with Crippen LogP contribution in [0.2, 0.25) is 0 Å². The number of esters is 1. The Morgan fingerprint density at radius 2 is 1.70 bits per heavy atom. The number of ether oxygens (including phenoxy) is 1. The summed E-state index contributed by atoms with van der Waals surface area (Å²) in [4.78, 5) is 33.6. The number of hydrogen-bond acceptors (Lipinski definition) is 5. The fourth-order valence-corrected chi connectivity index (χ4v) is 3.14. The Labute approximate surface area is 173 Å². The number of carbonyl (C=O) groups is 2. The Hall–Kier alpha value is -4.06. The van der Waals surface area contributed by atoms with Gasteiger partial charge in [0.2, 0.25) is 0 Å². The number of pyridine rings is 2. The second-order valence-electron chi connectivity index (χ2n) is 6.56. The second kappa shape index (κ2) is 8.53. The van der Waals surface area contributed by atoms with Gasteiger partial charge >= 0.3 is 5.97 Å². The van der Waals surface area contributed by atoms with E-state index in [1.165, 1.54) is 0 Å². The lowest BCUT2D eigenvalue weighted by Gasteiger charge is -2.11. The van der Waals surface area contributed by atoms with Crippen molar-refractivity contribution < 1.29 is 14.3 Å². The summed E-state index contributed by atoms with van der Waals surface area (Å²) in [7, 11) is 0. The SMILES string of the molecule is CCOC(=O)c1ccc(NC(=O)c2cc(-c3ccncc3)nc3ccccc23)cc1. The van der Waals surface area contributed by atoms with Gasteiger partial charge in [0.05, 0.1) is 28.9 Å². The molecular formula is C24H19N3O3. The van der Waals surface area contributed by atoms with Crippen LogP contribution in [0.15, 0.2) is 79.1 Å². The molecule has 4 aromatic rings. The summed E-state index contributed by atoms with van der Waals surface area (Å²) in [6, 6.07) is 19.6. The van der Waals surface area contributed by atoms with Crippen LogP contribution in [0.4, 0.5) is 5.69 Å². The molecule has 6 nitrogen and oxygen atoms in total. The van der Waals surface area contributed by atoms with Crippen LogP contribution in [-0.2, 0) is 4.74 Å². The van der Waals surface area contributed by atoms with E-state index in [0.717, 1.165) is 16.5 Å². The molecule has 4 rings (SSSR count). The van der Waals surface area contributed by atoms with Crippen LogP contribution in [0, 0.1) is 0 Å². The van der Waals surface area contributed by atoms with Gasteiger partial charge in [-0.15, -0.1) is 0 Å². The van der Waals surface area contributed by atoms with Crippen molar-refractivity contribution in [2.45, 2.75) is 6.92 Å². The number of nitrogens with zero attached hydrogens (tertiary/aromatic N) is 2. The van der Waals surface area contributed by atoms with Gasteiger partial charge in [0.1, 0.15) is 0 Å². The van der Waals surface area contributed by atoms with E-state index < -0.39 is 5.97 Å². The summed E-state index contributed by atoms with van der Waals surface area (Å²) >= 11 is 0. The average Bonchev–Trinajstić information content (AvgIpc) is 2.79. The lowest BCUT2D eigenvalue weighted by Crippen LogP contribution is -2.13. The molecule has 2 aromatic heterocycles. The Balaban J connectivity index is 1.66. The standard InChI is InChI=1S/C24H19N3O3/c1-2-30-24(29)17-7-9-18(10-8-17)26-23(28)20-15-22(16-11-13-25-14-12-16)27-21-6-4-3-5-19(20)21/h3-15H,2H2,1H3,(H,26,28). The fourth-order valence-electron chi connectivity index (χ4n) is 3.14. The van der Waals surface area contributed by atoms with Crippen molar-refractivity contribution in [3.05, 3.63) is 90.3 Å². The third-order valence-corrected chi connectivity index (χ3v) is 4.59. The maximum atomic E-state index is 13.1. The predicted octanol–water partition coefficient (Wildman–Crippen LogP) is 4.73. The molecule has 0 unspecified atom stereocenters. The number of amides is 1. The lowest BCUT2D eigenvalue weighted by molar-refractivity contribution is 0.0526. The maximum Gasteiger partial charge on any atom is 0.338 e. The zero-order chi connectivity index (χ0) is 20.9. The van der Waals surface area contributed by atoms with E-state index in [-0.39, 0.29) is 5.91 Å². The van der Waals surface area contributed by atoms with Gasteiger partial charge in [-0.3, -0.25) is 9.78 Å². The first-order chi connectivity index (χ1) is 14.7. The van der Waals surface area contributed by atoms with E-state index in [0.29, 0.717) is 29.1 Å². The van der Waals surface area contributed by atoms with Crippen molar-refractivity contribution in [3.63, 3.8) is 0 Å². The Bertz CT molecular complexity index is 1210. The highest BCUT2D eigenvalue weighted by molar-refractivity contribution is 6.13. The lowest BCUT2D eigenvalue weighted by atomic mass is 10.0. The monoisotopic (exact) mass is 397 g/mol. The van der Waals surface area contributed by atoms with Gasteiger partial charge in [-0.2, -0.15) is 0 Å². The zero-order valence-corrected chi connectivity index (χ0v) is 16.3. The van der Waals surface area contributed by atoms with Gasteiger partial charge in [0.25, 0.3) is 5.91 Å². The van der Waals surface area contributed by atoms with Gasteiger partial charge < -0.3 is 10.1 Å². The number of fused-ring (bicyclic) bond motifs is 1. The molecule has 0 spiro atoms. The first kappa shape index (κ1) is 19.3. The molecule has 0 aliphatic rings. The van der Waals surface area contributed by atoms with E-state index in [2.05, 4.69) is 15.3 Å². The smallest absolute Gasteiger partial charge is 0.338 e. The maximum absolute atomic E-state index is 13.1. The molecule has 0 fully saturated rings. The van der Waals surface area contributed by atoms with Crippen molar-refractivity contribution in [2.75, 3.05) is 11.9 Å². The summed E-state index contributed by atoms with van der Waals surface area (Å²) in [5, 5.41) is 3.66. The molecule has 6 heteroatoms. The van der Waals surface area contributed by atoms with Crippen LogP contribution in [0.25, 0.3) is 22.2 Å². The average molecular weight is 397 g/mol. The molecule has 2 heterocycles. The molecule has 0 atom stereocenters. The molecule has 2 aromatic carbocycles. The number of hydrogen-bond donors (Lipinski definition) is 1. The Morgan fingerprint density at radius 1 is 0.967 bits per heavy atom.